The van der Waals surface area contributed by atoms with Crippen molar-refractivity contribution in [2.45, 2.75) is 51.4 Å². The van der Waals surface area contributed by atoms with Crippen LogP contribution < -0.4 is 15.0 Å². The molecule has 1 unspecified atom stereocenters. The Labute approximate surface area is 194 Å². The van der Waals surface area contributed by atoms with E-state index in [1.54, 1.807) is 11.8 Å². The predicted molar refractivity (Wildman–Crippen MR) is 133 cm³/mol. The average molecular weight is 450 g/mol. The van der Waals surface area contributed by atoms with Crippen molar-refractivity contribution < 1.29 is 4.74 Å². The first-order chi connectivity index (χ1) is 15.7. The Bertz CT molecular complexity index is 1020. The Morgan fingerprint density at radius 2 is 1.75 bits per heavy atom. The number of thioether (sulfide) groups is 1. The molecule has 1 atom stereocenters. The molecule has 0 aliphatic carbocycles. The fourth-order valence-corrected chi connectivity index (χ4v) is 4.60. The van der Waals surface area contributed by atoms with Gasteiger partial charge in [-0.2, -0.15) is 4.98 Å². The highest BCUT2D eigenvalue weighted by atomic mass is 32.2. The number of para-hydroxylation sites is 1. The summed E-state index contributed by atoms with van der Waals surface area (Å²) in [7, 11) is 0. The van der Waals surface area contributed by atoms with Crippen LogP contribution in [0.3, 0.4) is 0 Å². The van der Waals surface area contributed by atoms with Gasteiger partial charge in [0.05, 0.1) is 0 Å². The summed E-state index contributed by atoms with van der Waals surface area (Å²) in [6, 6.07) is 16.6. The number of unbranched alkanes of at least 4 members (excludes halogenated alkanes) is 2. The van der Waals surface area contributed by atoms with Gasteiger partial charge in [0.15, 0.2) is 11.9 Å². The summed E-state index contributed by atoms with van der Waals surface area (Å²) < 4.78 is 6.39. The highest BCUT2D eigenvalue weighted by molar-refractivity contribution is 7.99. The van der Waals surface area contributed by atoms with E-state index in [2.05, 4.69) is 65.5 Å². The second kappa shape index (κ2) is 10.7. The van der Waals surface area contributed by atoms with Gasteiger partial charge in [-0.05, 0) is 38.5 Å². The highest BCUT2D eigenvalue weighted by Crippen LogP contribution is 2.39. The number of aromatic nitrogens is 3. The maximum Gasteiger partial charge on any atom is 0.247 e. The van der Waals surface area contributed by atoms with Crippen LogP contribution in [0.4, 0.5) is 11.4 Å². The molecule has 1 aliphatic rings. The Balaban J connectivity index is 1.63. The van der Waals surface area contributed by atoms with Crippen molar-refractivity contribution in [1.29, 1.82) is 0 Å². The molecule has 0 spiro atoms. The molecule has 32 heavy (non-hydrogen) atoms. The van der Waals surface area contributed by atoms with Crippen molar-refractivity contribution in [3.05, 3.63) is 54.1 Å². The van der Waals surface area contributed by atoms with Gasteiger partial charge in [0.1, 0.15) is 0 Å². The van der Waals surface area contributed by atoms with E-state index in [4.69, 9.17) is 9.72 Å². The molecule has 7 heteroatoms. The molecule has 4 rings (SSSR count). The minimum Gasteiger partial charge on any atom is -0.448 e. The third-order valence-electron chi connectivity index (χ3n) is 5.64. The normalized spacial score (nSPS) is 14.5. The Morgan fingerprint density at radius 3 is 2.50 bits per heavy atom. The zero-order valence-electron chi connectivity index (χ0n) is 19.0. The SMILES string of the molecule is CCCCCSc1nnc2c(n1)OC(c1ccc(N(CC)CC)cc1)Nc1ccccc1-2. The average Bonchev–Trinajstić information content (AvgIpc) is 2.99. The van der Waals surface area contributed by atoms with Crippen LogP contribution in [0.2, 0.25) is 0 Å². The van der Waals surface area contributed by atoms with Gasteiger partial charge >= 0.3 is 0 Å². The van der Waals surface area contributed by atoms with E-state index in [1.165, 1.54) is 18.5 Å². The number of rotatable bonds is 9. The molecule has 0 fully saturated rings. The number of benzene rings is 2. The van der Waals surface area contributed by atoms with Crippen LogP contribution in [0, 0.1) is 0 Å². The largest absolute Gasteiger partial charge is 0.448 e. The minimum absolute atomic E-state index is 0.363. The highest BCUT2D eigenvalue weighted by Gasteiger charge is 2.26. The lowest BCUT2D eigenvalue weighted by Gasteiger charge is -2.23. The molecule has 1 aliphatic heterocycles. The van der Waals surface area contributed by atoms with E-state index in [9.17, 15) is 0 Å². The summed E-state index contributed by atoms with van der Waals surface area (Å²) in [5, 5.41) is 13.1. The number of hydrogen-bond acceptors (Lipinski definition) is 7. The Kier molecular flexibility index (Phi) is 7.47. The quantitative estimate of drug-likeness (QED) is 0.309. The van der Waals surface area contributed by atoms with Crippen LogP contribution in [0.1, 0.15) is 51.8 Å². The monoisotopic (exact) mass is 449 g/mol. The second-order valence-corrected chi connectivity index (χ2v) is 8.82. The summed E-state index contributed by atoms with van der Waals surface area (Å²) >= 11 is 1.64. The molecule has 0 radical (unpaired) electrons. The first-order valence-electron chi connectivity index (χ1n) is 11.5. The van der Waals surface area contributed by atoms with E-state index in [0.29, 0.717) is 16.7 Å². The number of ether oxygens (including phenoxy) is 1. The summed E-state index contributed by atoms with van der Waals surface area (Å²) in [6.07, 6.45) is 3.20. The predicted octanol–water partition coefficient (Wildman–Crippen LogP) is 6.17. The number of fused-ring (bicyclic) bond motifs is 3. The van der Waals surface area contributed by atoms with Crippen molar-refractivity contribution in [3.8, 4) is 17.1 Å². The molecule has 2 aromatic carbocycles. The molecule has 1 aromatic heterocycles. The third kappa shape index (κ3) is 4.99. The van der Waals surface area contributed by atoms with Gasteiger partial charge in [-0.15, -0.1) is 10.2 Å². The second-order valence-electron chi connectivity index (χ2n) is 7.76. The first-order valence-corrected chi connectivity index (χ1v) is 12.5. The molecule has 2 heterocycles. The molecule has 1 N–H and O–H groups in total. The van der Waals surface area contributed by atoms with Gasteiger partial charge in [-0.3, -0.25) is 0 Å². The van der Waals surface area contributed by atoms with Crippen LogP contribution in [-0.4, -0.2) is 34.0 Å². The summed E-state index contributed by atoms with van der Waals surface area (Å²) in [6.45, 7) is 8.52. The number of hydrogen-bond donors (Lipinski definition) is 1. The third-order valence-corrected chi connectivity index (χ3v) is 6.56. The maximum atomic E-state index is 6.39. The van der Waals surface area contributed by atoms with Gasteiger partial charge in [0.2, 0.25) is 11.0 Å². The Hall–Kier alpha value is -2.80. The number of anilines is 2. The van der Waals surface area contributed by atoms with Crippen molar-refractivity contribution in [2.24, 2.45) is 0 Å². The molecule has 0 saturated heterocycles. The summed E-state index contributed by atoms with van der Waals surface area (Å²) in [4.78, 5) is 7.07. The fraction of sp³-hybridized carbons (Fsp3) is 0.400. The van der Waals surface area contributed by atoms with Crippen molar-refractivity contribution >= 4 is 23.1 Å². The van der Waals surface area contributed by atoms with Crippen LogP contribution >= 0.6 is 11.8 Å². The molecular weight excluding hydrogens is 418 g/mol. The van der Waals surface area contributed by atoms with Crippen molar-refractivity contribution in [1.82, 2.24) is 15.2 Å². The van der Waals surface area contributed by atoms with Crippen molar-refractivity contribution in [2.75, 3.05) is 29.1 Å². The smallest absolute Gasteiger partial charge is 0.247 e. The maximum absolute atomic E-state index is 6.39. The first kappa shape index (κ1) is 22.4. The van der Waals surface area contributed by atoms with Gasteiger partial charge < -0.3 is 15.0 Å². The van der Waals surface area contributed by atoms with Crippen LogP contribution in [0.25, 0.3) is 11.3 Å². The van der Waals surface area contributed by atoms with Gasteiger partial charge in [0.25, 0.3) is 0 Å². The standard InChI is InChI=1S/C25H31N5OS/c1-4-7-10-17-32-25-27-24-22(28-29-25)20-11-8-9-12-21(20)26-23(31-24)18-13-15-19(16-14-18)30(5-2)6-3/h8-9,11-16,23,26H,4-7,10,17H2,1-3H3. The van der Waals surface area contributed by atoms with Gasteiger partial charge in [-0.1, -0.05) is 61.9 Å². The molecule has 0 amide bonds. The van der Waals surface area contributed by atoms with Crippen molar-refractivity contribution in [3.63, 3.8) is 0 Å². The van der Waals surface area contributed by atoms with Crippen LogP contribution in [0.15, 0.2) is 53.7 Å². The molecule has 168 valence electrons. The van der Waals surface area contributed by atoms with Crippen LogP contribution in [-0.2, 0) is 0 Å². The summed E-state index contributed by atoms with van der Waals surface area (Å²) in [5.74, 6) is 1.51. The van der Waals surface area contributed by atoms with E-state index in [0.717, 1.165) is 42.1 Å². The number of nitrogens with zero attached hydrogens (tertiary/aromatic N) is 4. The molecule has 6 nitrogen and oxygen atoms in total. The van der Waals surface area contributed by atoms with E-state index >= 15 is 0 Å². The fourth-order valence-electron chi connectivity index (χ4n) is 3.82. The van der Waals surface area contributed by atoms with Gasteiger partial charge in [0, 0.05) is 41.3 Å². The zero-order valence-corrected chi connectivity index (χ0v) is 19.9. The zero-order chi connectivity index (χ0) is 22.3. The minimum atomic E-state index is -0.363. The van der Waals surface area contributed by atoms with Gasteiger partial charge in [-0.25, -0.2) is 0 Å². The molecule has 0 saturated carbocycles. The topological polar surface area (TPSA) is 63.2 Å². The van der Waals surface area contributed by atoms with E-state index in [-0.39, 0.29) is 6.23 Å². The van der Waals surface area contributed by atoms with Crippen LogP contribution in [0.5, 0.6) is 5.88 Å². The Morgan fingerprint density at radius 1 is 0.969 bits per heavy atom. The lowest BCUT2D eigenvalue weighted by Crippen LogP contribution is -2.22. The lowest BCUT2D eigenvalue weighted by molar-refractivity contribution is 0.225. The van der Waals surface area contributed by atoms with E-state index < -0.39 is 0 Å². The number of nitrogens with one attached hydrogen (secondary N) is 1. The lowest BCUT2D eigenvalue weighted by atomic mass is 10.1. The molecule has 0 bridgehead atoms. The molecular formula is C25H31N5OS. The summed E-state index contributed by atoms with van der Waals surface area (Å²) in [5.41, 5.74) is 4.84. The van der Waals surface area contributed by atoms with E-state index in [1.807, 2.05) is 24.3 Å². The molecule has 3 aromatic rings.